The normalized spacial score (nSPS) is 27.1. The van der Waals surface area contributed by atoms with Crippen molar-refractivity contribution in [3.05, 3.63) is 59.6 Å². The van der Waals surface area contributed by atoms with E-state index >= 15 is 0 Å². The second kappa shape index (κ2) is 9.51. The number of thiocarbonyl (C=S) groups is 1. The summed E-state index contributed by atoms with van der Waals surface area (Å²) in [6.45, 7) is -0.507. The molecule has 1 saturated heterocycles. The summed E-state index contributed by atoms with van der Waals surface area (Å²) in [4.78, 5) is 0. The van der Waals surface area contributed by atoms with Gasteiger partial charge in [-0.05, 0) is 36.4 Å². The first-order valence-electron chi connectivity index (χ1n) is 8.46. The van der Waals surface area contributed by atoms with E-state index in [4.69, 9.17) is 42.8 Å². The second-order valence-corrected chi connectivity index (χ2v) is 6.80. The predicted molar refractivity (Wildman–Crippen MR) is 104 cm³/mol. The summed E-state index contributed by atoms with van der Waals surface area (Å²) in [5.41, 5.74) is 0. The van der Waals surface area contributed by atoms with Crippen LogP contribution in [-0.2, 0) is 9.47 Å². The van der Waals surface area contributed by atoms with Crippen LogP contribution in [0.15, 0.2) is 54.6 Å². The molecule has 28 heavy (non-hydrogen) atoms. The third-order valence-corrected chi connectivity index (χ3v) is 4.50. The van der Waals surface area contributed by atoms with Crippen LogP contribution < -0.4 is 9.47 Å². The van der Waals surface area contributed by atoms with Crippen molar-refractivity contribution < 1.29 is 34.3 Å². The van der Waals surface area contributed by atoms with Crippen LogP contribution in [0, 0.1) is 0 Å². The molecule has 0 amide bonds. The van der Waals surface area contributed by atoms with Crippen molar-refractivity contribution in [1.82, 2.24) is 0 Å². The van der Waals surface area contributed by atoms with Crippen LogP contribution in [0.2, 0.25) is 5.02 Å². The molecule has 7 nitrogen and oxygen atoms in total. The zero-order chi connectivity index (χ0) is 20.1. The zero-order valence-corrected chi connectivity index (χ0v) is 16.1. The molecule has 150 valence electrons. The van der Waals surface area contributed by atoms with Crippen molar-refractivity contribution in [1.29, 1.82) is 0 Å². The lowest BCUT2D eigenvalue weighted by molar-refractivity contribution is -0.275. The Bertz CT molecular complexity index is 774. The van der Waals surface area contributed by atoms with Gasteiger partial charge in [0.2, 0.25) is 6.29 Å². The van der Waals surface area contributed by atoms with Gasteiger partial charge in [-0.25, -0.2) is 0 Å². The second-order valence-electron chi connectivity index (χ2n) is 6.03. The molecule has 1 aliphatic heterocycles. The minimum atomic E-state index is -1.40. The maximum absolute atomic E-state index is 10.6. The highest BCUT2D eigenvalue weighted by molar-refractivity contribution is 7.79. The Kier molecular flexibility index (Phi) is 7.06. The van der Waals surface area contributed by atoms with Gasteiger partial charge in [-0.3, -0.25) is 0 Å². The van der Waals surface area contributed by atoms with Gasteiger partial charge in [-0.15, -0.1) is 0 Å². The topological polar surface area (TPSA) is 97.6 Å². The summed E-state index contributed by atoms with van der Waals surface area (Å²) in [5.74, 6) is 0.819. The number of rotatable bonds is 5. The van der Waals surface area contributed by atoms with Crippen molar-refractivity contribution in [3.63, 3.8) is 0 Å². The molecule has 3 rings (SSSR count). The van der Waals surface area contributed by atoms with Gasteiger partial charge < -0.3 is 34.3 Å². The highest BCUT2D eigenvalue weighted by Crippen LogP contribution is 2.27. The number of halogens is 1. The van der Waals surface area contributed by atoms with Crippen molar-refractivity contribution in [2.75, 3.05) is 6.61 Å². The molecule has 1 heterocycles. The molecule has 3 N–H and O–H groups in total. The number of ether oxygens (including phenoxy) is 4. The predicted octanol–water partition coefficient (Wildman–Crippen LogP) is 1.91. The average Bonchev–Trinajstić information content (AvgIpc) is 2.70. The van der Waals surface area contributed by atoms with Gasteiger partial charge in [0.15, 0.2) is 12.2 Å². The van der Waals surface area contributed by atoms with E-state index in [1.54, 1.807) is 48.5 Å². The lowest BCUT2D eigenvalue weighted by Gasteiger charge is -2.41. The molecular formula is C19H19ClO7S. The summed E-state index contributed by atoms with van der Waals surface area (Å²) >= 11 is 10.9. The Labute approximate surface area is 172 Å². The minimum absolute atomic E-state index is 0.317. The van der Waals surface area contributed by atoms with Gasteiger partial charge >= 0.3 is 5.24 Å². The molecule has 9 heteroatoms. The van der Waals surface area contributed by atoms with Gasteiger partial charge in [0.25, 0.3) is 0 Å². The Morgan fingerprint density at radius 3 is 2.32 bits per heavy atom. The van der Waals surface area contributed by atoms with Crippen molar-refractivity contribution in [2.45, 2.75) is 30.7 Å². The number of hydrogen-bond acceptors (Lipinski definition) is 8. The molecule has 1 fully saturated rings. The van der Waals surface area contributed by atoms with Crippen LogP contribution in [0.5, 0.6) is 11.5 Å². The molecule has 5 atom stereocenters. The van der Waals surface area contributed by atoms with Crippen LogP contribution in [0.3, 0.4) is 0 Å². The largest absolute Gasteiger partial charge is 0.462 e. The molecule has 1 aliphatic rings. The van der Waals surface area contributed by atoms with Crippen LogP contribution in [0.4, 0.5) is 0 Å². The van der Waals surface area contributed by atoms with Crippen molar-refractivity contribution >= 4 is 29.1 Å². The van der Waals surface area contributed by atoms with Crippen molar-refractivity contribution in [3.8, 4) is 11.5 Å². The molecule has 0 spiro atoms. The van der Waals surface area contributed by atoms with E-state index in [0.717, 1.165) is 0 Å². The number of aliphatic hydroxyl groups excluding tert-OH is 3. The van der Waals surface area contributed by atoms with Crippen LogP contribution in [-0.4, -0.2) is 57.9 Å². The maximum atomic E-state index is 10.6. The fraction of sp³-hybridized carbons (Fsp3) is 0.316. The Balaban J connectivity index is 1.69. The average molecular weight is 427 g/mol. The first-order chi connectivity index (χ1) is 13.5. The maximum Gasteiger partial charge on any atom is 0.358 e. The molecule has 0 unspecified atom stereocenters. The van der Waals surface area contributed by atoms with Gasteiger partial charge in [-0.1, -0.05) is 29.8 Å². The number of para-hydroxylation sites is 1. The highest BCUT2D eigenvalue weighted by atomic mass is 35.5. The lowest BCUT2D eigenvalue weighted by atomic mass is 9.99. The summed E-state index contributed by atoms with van der Waals surface area (Å²) in [6.07, 6.45) is -6.22. The van der Waals surface area contributed by atoms with E-state index in [-0.39, 0.29) is 5.24 Å². The summed E-state index contributed by atoms with van der Waals surface area (Å²) < 4.78 is 21.9. The molecule has 0 bridgehead atoms. The van der Waals surface area contributed by atoms with E-state index in [9.17, 15) is 15.3 Å². The molecular weight excluding hydrogens is 408 g/mol. The number of benzene rings is 2. The quantitative estimate of drug-likeness (QED) is 0.624. The van der Waals surface area contributed by atoms with E-state index < -0.39 is 37.3 Å². The summed E-state index contributed by atoms with van der Waals surface area (Å²) in [6, 6.07) is 15.1. The Hall–Kier alpha value is -1.94. The van der Waals surface area contributed by atoms with Crippen molar-refractivity contribution in [2.24, 2.45) is 0 Å². The molecule has 0 aliphatic carbocycles. The summed E-state index contributed by atoms with van der Waals surface area (Å²) in [7, 11) is 0. The van der Waals surface area contributed by atoms with Crippen LogP contribution in [0.25, 0.3) is 0 Å². The molecule has 0 saturated carbocycles. The number of aliphatic hydroxyl groups is 3. The molecule has 0 aromatic heterocycles. The minimum Gasteiger partial charge on any atom is -0.462 e. The SMILES string of the molecule is OC[C@H]1O[C@@H](Oc2ccccc2)[C@H](O)[C@@H](OC(=S)Oc2ccc(Cl)cc2)[C@H]1O. The molecule has 2 aromatic rings. The van der Waals surface area contributed by atoms with Crippen LogP contribution in [0.1, 0.15) is 0 Å². The standard InChI is InChI=1S/C19H19ClO7S/c20-11-6-8-13(9-7-11)25-19(28)27-17-15(22)14(10-21)26-18(16(17)23)24-12-4-2-1-3-5-12/h1-9,14-18,21-23H,10H2/t14-,15+,16-,17+,18-/m1/s1. The van der Waals surface area contributed by atoms with E-state index in [1.807, 2.05) is 6.07 Å². The lowest BCUT2D eigenvalue weighted by Crippen LogP contribution is -2.61. The van der Waals surface area contributed by atoms with Gasteiger partial charge in [0.1, 0.15) is 23.7 Å². The number of hydrogen-bond donors (Lipinski definition) is 3. The third kappa shape index (κ3) is 5.11. The van der Waals surface area contributed by atoms with E-state index in [0.29, 0.717) is 16.5 Å². The fourth-order valence-electron chi connectivity index (χ4n) is 2.66. The smallest absolute Gasteiger partial charge is 0.358 e. The van der Waals surface area contributed by atoms with Gasteiger partial charge in [0, 0.05) is 17.2 Å². The van der Waals surface area contributed by atoms with E-state index in [2.05, 4.69) is 0 Å². The van der Waals surface area contributed by atoms with Crippen LogP contribution >= 0.6 is 23.8 Å². The third-order valence-electron chi connectivity index (χ3n) is 4.06. The first-order valence-corrected chi connectivity index (χ1v) is 9.24. The highest BCUT2D eigenvalue weighted by Gasteiger charge is 2.47. The van der Waals surface area contributed by atoms with E-state index in [1.165, 1.54) is 0 Å². The Morgan fingerprint density at radius 2 is 1.68 bits per heavy atom. The van der Waals surface area contributed by atoms with Gasteiger partial charge in [0.05, 0.1) is 6.61 Å². The monoisotopic (exact) mass is 426 g/mol. The first kappa shape index (κ1) is 20.8. The zero-order valence-electron chi connectivity index (χ0n) is 14.6. The molecule has 2 aromatic carbocycles. The fourth-order valence-corrected chi connectivity index (χ4v) is 2.99. The molecule has 0 radical (unpaired) electrons. The van der Waals surface area contributed by atoms with Gasteiger partial charge in [-0.2, -0.15) is 0 Å². The Morgan fingerprint density at radius 1 is 1.00 bits per heavy atom. The summed E-state index contributed by atoms with van der Waals surface area (Å²) in [5, 5.41) is 30.7.